The van der Waals surface area contributed by atoms with Crippen LogP contribution in [-0.4, -0.2) is 16.9 Å². The van der Waals surface area contributed by atoms with Crippen LogP contribution in [0, 0.1) is 11.8 Å². The molecule has 22 heavy (non-hydrogen) atoms. The maximum Gasteiger partial charge on any atom is 0.230 e. The molecule has 2 aromatic rings. The number of aliphatic carboxylic acids is 1. The zero-order chi connectivity index (χ0) is 15.7. The first kappa shape index (κ1) is 15.0. The van der Waals surface area contributed by atoms with Crippen molar-refractivity contribution >= 4 is 50.2 Å². The third kappa shape index (κ3) is 2.98. The van der Waals surface area contributed by atoms with Gasteiger partial charge in [0.25, 0.3) is 0 Å². The Balaban J connectivity index is 1.80. The lowest BCUT2D eigenvalue weighted by Gasteiger charge is -2.29. The van der Waals surface area contributed by atoms with Crippen LogP contribution in [0.3, 0.4) is 0 Å². The van der Waals surface area contributed by atoms with Gasteiger partial charge in [-0.05, 0) is 25.0 Å². The number of aromatic nitrogens is 1. The zero-order valence-electron chi connectivity index (χ0n) is 11.4. The van der Waals surface area contributed by atoms with E-state index in [0.717, 1.165) is 10.2 Å². The van der Waals surface area contributed by atoms with Gasteiger partial charge in [-0.1, -0.05) is 41.1 Å². The largest absolute Gasteiger partial charge is 0.550 e. The molecule has 7 heteroatoms. The van der Waals surface area contributed by atoms with E-state index in [4.69, 9.17) is 11.6 Å². The van der Waals surface area contributed by atoms with Gasteiger partial charge >= 0.3 is 0 Å². The first-order valence-electron chi connectivity index (χ1n) is 6.76. The normalized spacial score (nSPS) is 21.4. The van der Waals surface area contributed by atoms with Crippen LogP contribution >= 0.6 is 22.9 Å². The van der Waals surface area contributed by atoms with Crippen LogP contribution < -0.4 is 10.4 Å². The Labute approximate surface area is 135 Å². The lowest BCUT2D eigenvalue weighted by Crippen LogP contribution is -2.42. The number of carbonyl (C=O) groups excluding carboxylic acids is 2. The number of hydrogen-bond donors (Lipinski definition) is 1. The number of nitrogens with one attached hydrogen (secondary N) is 1. The van der Waals surface area contributed by atoms with Crippen LogP contribution in [0.4, 0.5) is 5.13 Å². The number of amides is 1. The van der Waals surface area contributed by atoms with Crippen LogP contribution in [-0.2, 0) is 9.59 Å². The summed E-state index contributed by atoms with van der Waals surface area (Å²) in [5.74, 6) is -3.23. The zero-order valence-corrected chi connectivity index (χ0v) is 13.0. The number of halogens is 1. The van der Waals surface area contributed by atoms with Gasteiger partial charge in [0, 0.05) is 16.9 Å². The number of carboxylic acid groups (broad SMARTS) is 1. The summed E-state index contributed by atoms with van der Waals surface area (Å²) in [7, 11) is 0. The average molecular weight is 336 g/mol. The smallest absolute Gasteiger partial charge is 0.230 e. The summed E-state index contributed by atoms with van der Waals surface area (Å²) in [6, 6.07) is 7.52. The van der Waals surface area contributed by atoms with Crippen LogP contribution in [0.2, 0.25) is 0 Å². The highest BCUT2D eigenvalue weighted by Crippen LogP contribution is 2.33. The Kier molecular flexibility index (Phi) is 4.13. The standard InChI is InChI=1S/C15H13ClN2O3S/c16-8-5-6-9(14(20)21)10(7-8)13(19)18-15-17-11-3-1-2-4-12(11)22-15/h1-5,9-10H,6-7H2,(H,20,21)(H,17,18,19)/p-1. The highest BCUT2D eigenvalue weighted by atomic mass is 35.5. The minimum atomic E-state index is -1.23. The molecule has 1 heterocycles. The highest BCUT2D eigenvalue weighted by molar-refractivity contribution is 7.22. The molecule has 1 aliphatic carbocycles. The average Bonchev–Trinajstić information content (AvgIpc) is 2.88. The number of allylic oxidation sites excluding steroid dienone is 2. The van der Waals surface area contributed by atoms with Crippen molar-refractivity contribution < 1.29 is 14.7 Å². The molecular weight excluding hydrogens is 324 g/mol. The van der Waals surface area contributed by atoms with Crippen molar-refractivity contribution in [2.75, 3.05) is 5.32 Å². The Morgan fingerprint density at radius 1 is 1.32 bits per heavy atom. The first-order chi connectivity index (χ1) is 10.5. The maximum absolute atomic E-state index is 12.4. The third-order valence-corrected chi connectivity index (χ3v) is 4.92. The van der Waals surface area contributed by atoms with Crippen molar-refractivity contribution in [3.8, 4) is 0 Å². The van der Waals surface area contributed by atoms with E-state index >= 15 is 0 Å². The van der Waals surface area contributed by atoms with Crippen molar-refractivity contribution in [1.29, 1.82) is 0 Å². The SMILES string of the molecule is O=C([O-])C1CC=C(Cl)CC1C(=O)Nc1nc2ccccc2s1. The number of fused-ring (bicyclic) bond motifs is 1. The fourth-order valence-corrected chi connectivity index (χ4v) is 3.64. The van der Waals surface area contributed by atoms with Gasteiger partial charge in [-0.25, -0.2) is 4.98 Å². The molecule has 0 spiro atoms. The van der Waals surface area contributed by atoms with E-state index in [9.17, 15) is 14.7 Å². The summed E-state index contributed by atoms with van der Waals surface area (Å²) in [5.41, 5.74) is 0.792. The molecule has 0 aliphatic heterocycles. The minimum absolute atomic E-state index is 0.205. The second-order valence-electron chi connectivity index (χ2n) is 5.10. The number of hydrogen-bond acceptors (Lipinski definition) is 5. The van der Waals surface area contributed by atoms with Gasteiger partial charge in [-0.15, -0.1) is 0 Å². The Morgan fingerprint density at radius 2 is 2.09 bits per heavy atom. The van der Waals surface area contributed by atoms with E-state index in [0.29, 0.717) is 10.2 Å². The number of anilines is 1. The molecule has 114 valence electrons. The van der Waals surface area contributed by atoms with Crippen LogP contribution in [0.15, 0.2) is 35.4 Å². The van der Waals surface area contributed by atoms with Crippen LogP contribution in [0.1, 0.15) is 12.8 Å². The Bertz CT molecular complexity index is 738. The lowest BCUT2D eigenvalue weighted by atomic mass is 9.82. The molecule has 1 aromatic heterocycles. The van der Waals surface area contributed by atoms with Crippen molar-refractivity contribution in [1.82, 2.24) is 4.98 Å². The monoisotopic (exact) mass is 335 g/mol. The van der Waals surface area contributed by atoms with E-state index in [-0.39, 0.29) is 18.7 Å². The van der Waals surface area contributed by atoms with E-state index in [1.54, 1.807) is 6.08 Å². The van der Waals surface area contributed by atoms with Gasteiger partial charge in [0.2, 0.25) is 5.91 Å². The van der Waals surface area contributed by atoms with Crippen LogP contribution in [0.5, 0.6) is 0 Å². The van der Waals surface area contributed by atoms with E-state index in [1.165, 1.54) is 11.3 Å². The van der Waals surface area contributed by atoms with E-state index in [1.807, 2.05) is 24.3 Å². The number of benzene rings is 1. The summed E-state index contributed by atoms with van der Waals surface area (Å²) < 4.78 is 0.954. The van der Waals surface area contributed by atoms with Crippen molar-refractivity contribution in [2.24, 2.45) is 11.8 Å². The van der Waals surface area contributed by atoms with Gasteiger partial charge in [-0.2, -0.15) is 0 Å². The molecule has 1 aliphatic rings. The molecule has 0 bridgehead atoms. The predicted molar refractivity (Wildman–Crippen MR) is 83.4 cm³/mol. The highest BCUT2D eigenvalue weighted by Gasteiger charge is 2.32. The molecule has 0 saturated carbocycles. The summed E-state index contributed by atoms with van der Waals surface area (Å²) in [6.07, 6.45) is 2.04. The Morgan fingerprint density at radius 3 is 2.82 bits per heavy atom. The quantitative estimate of drug-likeness (QED) is 0.931. The third-order valence-electron chi connectivity index (χ3n) is 3.66. The molecule has 0 fully saturated rings. The molecule has 3 rings (SSSR count). The van der Waals surface area contributed by atoms with Gasteiger partial charge in [0.15, 0.2) is 5.13 Å². The number of rotatable bonds is 3. The molecule has 1 N–H and O–H groups in total. The van der Waals surface area contributed by atoms with Crippen molar-refractivity contribution in [3.05, 3.63) is 35.4 Å². The summed E-state index contributed by atoms with van der Waals surface area (Å²) in [6.45, 7) is 0. The molecule has 0 saturated heterocycles. The van der Waals surface area contributed by atoms with Gasteiger partial charge < -0.3 is 15.2 Å². The number of carbonyl (C=O) groups is 2. The van der Waals surface area contributed by atoms with Gasteiger partial charge in [-0.3, -0.25) is 4.79 Å². The number of para-hydroxylation sites is 1. The van der Waals surface area contributed by atoms with Gasteiger partial charge in [0.1, 0.15) is 0 Å². The van der Waals surface area contributed by atoms with Crippen molar-refractivity contribution in [3.63, 3.8) is 0 Å². The maximum atomic E-state index is 12.4. The molecule has 5 nitrogen and oxygen atoms in total. The minimum Gasteiger partial charge on any atom is -0.550 e. The fourth-order valence-electron chi connectivity index (χ4n) is 2.51. The second kappa shape index (κ2) is 6.06. The summed E-state index contributed by atoms with van der Waals surface area (Å²) in [4.78, 5) is 27.9. The summed E-state index contributed by atoms with van der Waals surface area (Å²) >= 11 is 7.29. The van der Waals surface area contributed by atoms with Gasteiger partial charge in [0.05, 0.1) is 16.1 Å². The molecular formula is C15H12ClN2O3S-. The molecule has 1 amide bonds. The fraction of sp³-hybridized carbons (Fsp3) is 0.267. The topological polar surface area (TPSA) is 82.1 Å². The van der Waals surface area contributed by atoms with E-state index in [2.05, 4.69) is 10.3 Å². The number of nitrogens with zero attached hydrogens (tertiary/aromatic N) is 1. The summed E-state index contributed by atoms with van der Waals surface area (Å²) in [5, 5.41) is 14.8. The second-order valence-corrected chi connectivity index (χ2v) is 6.61. The first-order valence-corrected chi connectivity index (χ1v) is 7.96. The molecule has 2 atom stereocenters. The van der Waals surface area contributed by atoms with E-state index < -0.39 is 17.8 Å². The van der Waals surface area contributed by atoms with Crippen molar-refractivity contribution in [2.45, 2.75) is 12.8 Å². The lowest BCUT2D eigenvalue weighted by molar-refractivity contribution is -0.313. The molecule has 0 radical (unpaired) electrons. The molecule has 1 aromatic carbocycles. The predicted octanol–water partition coefficient (Wildman–Crippen LogP) is 2.13. The number of carboxylic acids is 1. The Hall–Kier alpha value is -1.92. The number of thiazole rings is 1. The molecule has 2 unspecified atom stereocenters. The van der Waals surface area contributed by atoms with Crippen LogP contribution in [0.25, 0.3) is 10.2 Å².